The molecule has 3 aromatic rings. The molecule has 0 unspecified atom stereocenters. The first-order valence-electron chi connectivity index (χ1n) is 9.95. The zero-order valence-electron chi connectivity index (χ0n) is 17.3. The second kappa shape index (κ2) is 8.71. The van der Waals surface area contributed by atoms with Crippen molar-refractivity contribution in [3.8, 4) is 22.8 Å². The molecule has 4 rings (SSSR count). The zero-order chi connectivity index (χ0) is 20.2. The van der Waals surface area contributed by atoms with E-state index in [1.54, 1.807) is 14.2 Å². The van der Waals surface area contributed by atoms with Gasteiger partial charge in [-0.25, -0.2) is 4.98 Å². The monoisotopic (exact) mass is 396 g/mol. The van der Waals surface area contributed by atoms with E-state index in [0.29, 0.717) is 0 Å². The Morgan fingerprint density at radius 3 is 2.69 bits per heavy atom. The van der Waals surface area contributed by atoms with Gasteiger partial charge in [0.25, 0.3) is 0 Å². The van der Waals surface area contributed by atoms with E-state index in [1.165, 1.54) is 0 Å². The SMILES string of the molecule is COc1ccc(OC)c(-c2nc3cccc(C)n3c2NCCN2CCOCC2)c1. The van der Waals surface area contributed by atoms with Crippen molar-refractivity contribution in [2.45, 2.75) is 6.92 Å². The zero-order valence-corrected chi connectivity index (χ0v) is 17.3. The van der Waals surface area contributed by atoms with Crippen molar-refractivity contribution in [2.24, 2.45) is 0 Å². The van der Waals surface area contributed by atoms with Gasteiger partial charge < -0.3 is 19.5 Å². The van der Waals surface area contributed by atoms with Gasteiger partial charge >= 0.3 is 0 Å². The van der Waals surface area contributed by atoms with E-state index in [4.69, 9.17) is 19.2 Å². The number of morpholine rings is 1. The van der Waals surface area contributed by atoms with Gasteiger partial charge in [0.05, 0.1) is 27.4 Å². The van der Waals surface area contributed by atoms with Gasteiger partial charge in [-0.2, -0.15) is 0 Å². The summed E-state index contributed by atoms with van der Waals surface area (Å²) in [6.45, 7) is 7.43. The van der Waals surface area contributed by atoms with Crippen LogP contribution in [0.25, 0.3) is 16.9 Å². The Morgan fingerprint density at radius 2 is 1.93 bits per heavy atom. The molecule has 2 aromatic heterocycles. The summed E-state index contributed by atoms with van der Waals surface area (Å²) in [6.07, 6.45) is 0. The number of rotatable bonds is 7. The molecule has 1 fully saturated rings. The number of hydrogen-bond donors (Lipinski definition) is 1. The molecule has 1 saturated heterocycles. The Labute approximate surface area is 171 Å². The predicted molar refractivity (Wildman–Crippen MR) is 114 cm³/mol. The average Bonchev–Trinajstić information content (AvgIpc) is 3.13. The number of pyridine rings is 1. The first kappa shape index (κ1) is 19.5. The maximum Gasteiger partial charge on any atom is 0.139 e. The number of nitrogens with one attached hydrogen (secondary N) is 1. The quantitative estimate of drug-likeness (QED) is 0.662. The lowest BCUT2D eigenvalue weighted by molar-refractivity contribution is 0.0398. The molecule has 1 aromatic carbocycles. The third kappa shape index (κ3) is 4.02. The molecule has 29 heavy (non-hydrogen) atoms. The summed E-state index contributed by atoms with van der Waals surface area (Å²) >= 11 is 0. The lowest BCUT2D eigenvalue weighted by Crippen LogP contribution is -2.39. The molecule has 0 aliphatic carbocycles. The summed E-state index contributed by atoms with van der Waals surface area (Å²) in [6, 6.07) is 11.9. The molecular formula is C22H28N4O3. The van der Waals surface area contributed by atoms with Crippen molar-refractivity contribution >= 4 is 11.5 Å². The van der Waals surface area contributed by atoms with E-state index in [-0.39, 0.29) is 0 Å². The van der Waals surface area contributed by atoms with Crippen LogP contribution in [0, 0.1) is 6.92 Å². The Morgan fingerprint density at radius 1 is 1.10 bits per heavy atom. The third-order valence-electron chi connectivity index (χ3n) is 5.32. The molecule has 0 atom stereocenters. The molecule has 154 valence electrons. The van der Waals surface area contributed by atoms with Gasteiger partial charge in [-0.05, 0) is 37.3 Å². The van der Waals surface area contributed by atoms with Crippen LogP contribution in [0.2, 0.25) is 0 Å². The molecule has 0 saturated carbocycles. The third-order valence-corrected chi connectivity index (χ3v) is 5.32. The van der Waals surface area contributed by atoms with E-state index in [1.807, 2.05) is 30.3 Å². The van der Waals surface area contributed by atoms with Gasteiger partial charge in [-0.15, -0.1) is 0 Å². The lowest BCUT2D eigenvalue weighted by atomic mass is 10.1. The van der Waals surface area contributed by atoms with Crippen LogP contribution < -0.4 is 14.8 Å². The van der Waals surface area contributed by atoms with Gasteiger partial charge in [-0.1, -0.05) is 6.07 Å². The maximum atomic E-state index is 5.63. The Balaban J connectivity index is 1.72. The fourth-order valence-electron chi connectivity index (χ4n) is 3.76. The van der Waals surface area contributed by atoms with Crippen molar-refractivity contribution in [1.82, 2.24) is 14.3 Å². The Kier molecular flexibility index (Phi) is 5.87. The largest absolute Gasteiger partial charge is 0.497 e. The predicted octanol–water partition coefficient (Wildman–Crippen LogP) is 3.07. The summed E-state index contributed by atoms with van der Waals surface area (Å²) < 4.78 is 18.7. The van der Waals surface area contributed by atoms with Crippen LogP contribution in [0.3, 0.4) is 0 Å². The van der Waals surface area contributed by atoms with Crippen molar-refractivity contribution in [2.75, 3.05) is 58.9 Å². The lowest BCUT2D eigenvalue weighted by Gasteiger charge is -2.26. The second-order valence-electron chi connectivity index (χ2n) is 7.12. The standard InChI is InChI=1S/C22H28N4O3/c1-16-5-4-6-20-24-21(18-15-17(27-2)7-8-19(18)28-3)22(26(16)20)23-9-10-25-11-13-29-14-12-25/h4-8,15,23H,9-14H2,1-3H3. The van der Waals surface area contributed by atoms with E-state index in [9.17, 15) is 0 Å². The smallest absolute Gasteiger partial charge is 0.139 e. The van der Waals surface area contributed by atoms with Crippen LogP contribution in [-0.4, -0.2) is 67.9 Å². The van der Waals surface area contributed by atoms with Gasteiger partial charge in [0.2, 0.25) is 0 Å². The first-order valence-corrected chi connectivity index (χ1v) is 9.95. The minimum Gasteiger partial charge on any atom is -0.497 e. The highest BCUT2D eigenvalue weighted by molar-refractivity contribution is 5.81. The summed E-state index contributed by atoms with van der Waals surface area (Å²) in [5, 5.41) is 3.63. The van der Waals surface area contributed by atoms with Crippen molar-refractivity contribution in [3.05, 3.63) is 42.1 Å². The minimum atomic E-state index is 0.767. The fourth-order valence-corrected chi connectivity index (χ4v) is 3.76. The number of benzene rings is 1. The number of anilines is 1. The second-order valence-corrected chi connectivity index (χ2v) is 7.12. The number of fused-ring (bicyclic) bond motifs is 1. The molecule has 1 aliphatic rings. The summed E-state index contributed by atoms with van der Waals surface area (Å²) in [5.74, 6) is 2.51. The Hall–Kier alpha value is -2.77. The topological polar surface area (TPSA) is 60.3 Å². The molecule has 0 bridgehead atoms. The van der Waals surface area contributed by atoms with Crippen LogP contribution in [0.1, 0.15) is 5.69 Å². The van der Waals surface area contributed by atoms with E-state index < -0.39 is 0 Å². The van der Waals surface area contributed by atoms with Gasteiger partial charge in [0.1, 0.15) is 28.7 Å². The van der Waals surface area contributed by atoms with E-state index >= 15 is 0 Å². The van der Waals surface area contributed by atoms with Crippen LogP contribution >= 0.6 is 0 Å². The molecular weight excluding hydrogens is 368 g/mol. The molecule has 0 amide bonds. The molecule has 1 N–H and O–H groups in total. The van der Waals surface area contributed by atoms with Crippen LogP contribution in [0.4, 0.5) is 5.82 Å². The number of ether oxygens (including phenoxy) is 3. The average molecular weight is 396 g/mol. The Bertz CT molecular complexity index is 980. The molecule has 3 heterocycles. The number of imidazole rings is 1. The minimum absolute atomic E-state index is 0.767. The highest BCUT2D eigenvalue weighted by Crippen LogP contribution is 2.38. The van der Waals surface area contributed by atoms with Crippen LogP contribution in [0.5, 0.6) is 11.5 Å². The highest BCUT2D eigenvalue weighted by atomic mass is 16.5. The number of nitrogens with zero attached hydrogens (tertiary/aromatic N) is 3. The molecule has 1 aliphatic heterocycles. The summed E-state index contributed by atoms with van der Waals surface area (Å²) in [5.41, 5.74) is 3.79. The number of aromatic nitrogens is 2. The van der Waals surface area contributed by atoms with Crippen molar-refractivity contribution in [1.29, 1.82) is 0 Å². The van der Waals surface area contributed by atoms with Gasteiger partial charge in [0, 0.05) is 37.4 Å². The van der Waals surface area contributed by atoms with Gasteiger partial charge in [-0.3, -0.25) is 9.30 Å². The molecule has 7 nitrogen and oxygen atoms in total. The highest BCUT2D eigenvalue weighted by Gasteiger charge is 2.19. The van der Waals surface area contributed by atoms with Crippen molar-refractivity contribution in [3.63, 3.8) is 0 Å². The normalized spacial score (nSPS) is 14.9. The summed E-state index contributed by atoms with van der Waals surface area (Å²) in [4.78, 5) is 7.34. The molecule has 7 heteroatoms. The number of methoxy groups -OCH3 is 2. The maximum absolute atomic E-state index is 5.63. The van der Waals surface area contributed by atoms with E-state index in [2.05, 4.69) is 27.6 Å². The molecule has 0 spiro atoms. The van der Waals surface area contributed by atoms with Gasteiger partial charge in [0.15, 0.2) is 0 Å². The van der Waals surface area contributed by atoms with E-state index in [0.717, 1.165) is 79.3 Å². The number of hydrogen-bond acceptors (Lipinski definition) is 6. The fraction of sp³-hybridized carbons (Fsp3) is 0.409. The number of aryl methyl sites for hydroxylation is 1. The van der Waals surface area contributed by atoms with Crippen LogP contribution in [-0.2, 0) is 4.74 Å². The first-order chi connectivity index (χ1) is 14.2. The van der Waals surface area contributed by atoms with Crippen molar-refractivity contribution < 1.29 is 14.2 Å². The molecule has 0 radical (unpaired) electrons. The summed E-state index contributed by atoms with van der Waals surface area (Å²) in [7, 11) is 3.35. The van der Waals surface area contributed by atoms with Crippen LogP contribution in [0.15, 0.2) is 36.4 Å².